The third-order valence-corrected chi connectivity index (χ3v) is 5.23. The van der Waals surface area contributed by atoms with Gasteiger partial charge >= 0.3 is 0 Å². The number of carbonyl (C=O) groups is 3. The Hall–Kier alpha value is -2.95. The van der Waals surface area contributed by atoms with Gasteiger partial charge in [0.15, 0.2) is 0 Å². The number of nitrogens with zero attached hydrogens (tertiary/aromatic N) is 2. The normalized spacial score (nSPS) is 13.8. The number of benzene rings is 2. The van der Waals surface area contributed by atoms with Crippen LogP contribution >= 0.6 is 0 Å². The van der Waals surface area contributed by atoms with Crippen LogP contribution < -0.4 is 4.90 Å². The van der Waals surface area contributed by atoms with Gasteiger partial charge in [0.1, 0.15) is 0 Å². The van der Waals surface area contributed by atoms with Crippen LogP contribution in [0.4, 0.5) is 5.69 Å². The van der Waals surface area contributed by atoms with E-state index in [0.717, 1.165) is 5.69 Å². The molecule has 0 saturated carbocycles. The minimum atomic E-state index is -0.300. The fraction of sp³-hybridized carbons (Fsp3) is 0.375. The molecule has 0 radical (unpaired) electrons. The summed E-state index contributed by atoms with van der Waals surface area (Å²) in [7, 11) is 0. The van der Waals surface area contributed by atoms with Crippen molar-refractivity contribution in [2.75, 3.05) is 18.0 Å². The molecule has 0 atom stereocenters. The van der Waals surface area contributed by atoms with Gasteiger partial charge in [0, 0.05) is 24.7 Å². The van der Waals surface area contributed by atoms with Crippen LogP contribution in [0.25, 0.3) is 0 Å². The molecular formula is C24H28N2O3. The smallest absolute Gasteiger partial charge is 0.261 e. The minimum Gasteiger partial charge on any atom is -0.310 e. The summed E-state index contributed by atoms with van der Waals surface area (Å²) in [6.07, 6.45) is 0. The van der Waals surface area contributed by atoms with E-state index in [-0.39, 0.29) is 42.1 Å². The number of anilines is 1. The lowest BCUT2D eigenvalue weighted by Gasteiger charge is -2.27. The van der Waals surface area contributed by atoms with E-state index in [4.69, 9.17) is 0 Å². The van der Waals surface area contributed by atoms with Crippen LogP contribution in [0.1, 0.15) is 60.9 Å². The number of hydrogen-bond acceptors (Lipinski definition) is 3. The van der Waals surface area contributed by atoms with E-state index in [2.05, 4.69) is 20.8 Å². The maximum absolute atomic E-state index is 12.8. The van der Waals surface area contributed by atoms with Gasteiger partial charge < -0.3 is 4.90 Å². The highest BCUT2D eigenvalue weighted by Crippen LogP contribution is 2.26. The molecule has 3 amide bonds. The molecular weight excluding hydrogens is 364 g/mol. The highest BCUT2D eigenvalue weighted by Gasteiger charge is 2.35. The molecule has 1 heterocycles. The zero-order valence-electron chi connectivity index (χ0n) is 17.7. The molecule has 0 aromatic heterocycles. The van der Waals surface area contributed by atoms with Crippen LogP contribution in [0.2, 0.25) is 0 Å². The number of fused-ring (bicyclic) bond motifs is 1. The molecule has 3 rings (SSSR count). The summed E-state index contributed by atoms with van der Waals surface area (Å²) in [6, 6.07) is 14.7. The second-order valence-electron chi connectivity index (χ2n) is 8.75. The van der Waals surface area contributed by atoms with Gasteiger partial charge in [0.25, 0.3) is 11.8 Å². The molecule has 2 aromatic rings. The van der Waals surface area contributed by atoms with Crippen molar-refractivity contribution in [1.29, 1.82) is 0 Å². The predicted molar refractivity (Wildman–Crippen MR) is 114 cm³/mol. The van der Waals surface area contributed by atoms with E-state index in [1.54, 1.807) is 29.2 Å². The molecule has 0 aliphatic carbocycles. The van der Waals surface area contributed by atoms with Gasteiger partial charge in [0.2, 0.25) is 5.91 Å². The van der Waals surface area contributed by atoms with Crippen LogP contribution in [-0.2, 0) is 10.2 Å². The average Bonchev–Trinajstić information content (AvgIpc) is 2.92. The standard InChI is InChI=1S/C24H28N2O3/c1-16(2)21(27)25(18-12-10-17(11-13-18)24(3,4)5)14-15-26-22(28)19-8-6-7-9-20(19)23(26)29/h6-13,16H,14-15H2,1-5H3. The Balaban J connectivity index is 1.82. The molecule has 5 nitrogen and oxygen atoms in total. The van der Waals surface area contributed by atoms with Crippen molar-refractivity contribution < 1.29 is 14.4 Å². The minimum absolute atomic E-state index is 0.0194. The van der Waals surface area contributed by atoms with Crippen LogP contribution in [-0.4, -0.2) is 35.7 Å². The Bertz CT molecular complexity index is 904. The van der Waals surface area contributed by atoms with Gasteiger partial charge in [-0.05, 0) is 35.2 Å². The number of imide groups is 1. The Labute approximate surface area is 172 Å². The van der Waals surface area contributed by atoms with Gasteiger partial charge in [-0.25, -0.2) is 0 Å². The first kappa shape index (κ1) is 20.8. The number of carbonyl (C=O) groups excluding carboxylic acids is 3. The fourth-order valence-corrected chi connectivity index (χ4v) is 3.46. The van der Waals surface area contributed by atoms with E-state index < -0.39 is 0 Å². The summed E-state index contributed by atoms with van der Waals surface area (Å²) >= 11 is 0. The van der Waals surface area contributed by atoms with Crippen molar-refractivity contribution in [3.8, 4) is 0 Å². The van der Waals surface area contributed by atoms with E-state index in [1.807, 2.05) is 38.1 Å². The van der Waals surface area contributed by atoms with Crippen molar-refractivity contribution in [2.24, 2.45) is 5.92 Å². The third kappa shape index (κ3) is 4.09. The molecule has 5 heteroatoms. The zero-order chi connectivity index (χ0) is 21.3. The quantitative estimate of drug-likeness (QED) is 0.714. The first-order valence-electron chi connectivity index (χ1n) is 9.98. The predicted octanol–water partition coefficient (Wildman–Crippen LogP) is 4.27. The monoisotopic (exact) mass is 392 g/mol. The molecule has 1 aliphatic rings. The first-order chi connectivity index (χ1) is 13.6. The van der Waals surface area contributed by atoms with Gasteiger partial charge in [-0.1, -0.05) is 58.9 Å². The van der Waals surface area contributed by atoms with E-state index in [0.29, 0.717) is 11.1 Å². The maximum Gasteiger partial charge on any atom is 0.261 e. The number of amides is 3. The lowest BCUT2D eigenvalue weighted by atomic mass is 9.87. The first-order valence-corrected chi connectivity index (χ1v) is 9.98. The van der Waals surface area contributed by atoms with Crippen molar-refractivity contribution in [2.45, 2.75) is 40.0 Å². The second kappa shape index (κ2) is 7.82. The molecule has 0 fully saturated rings. The Morgan fingerprint density at radius 1 is 0.931 bits per heavy atom. The topological polar surface area (TPSA) is 57.7 Å². The molecule has 2 aromatic carbocycles. The van der Waals surface area contributed by atoms with Crippen molar-refractivity contribution in [1.82, 2.24) is 4.90 Å². The molecule has 0 spiro atoms. The summed E-state index contributed by atoms with van der Waals surface area (Å²) in [5, 5.41) is 0. The highest BCUT2D eigenvalue weighted by molar-refractivity contribution is 6.21. The molecule has 0 bridgehead atoms. The summed E-state index contributed by atoms with van der Waals surface area (Å²) < 4.78 is 0. The molecule has 152 valence electrons. The fourth-order valence-electron chi connectivity index (χ4n) is 3.46. The molecule has 1 aliphatic heterocycles. The van der Waals surface area contributed by atoms with Gasteiger partial charge in [-0.2, -0.15) is 0 Å². The van der Waals surface area contributed by atoms with Gasteiger partial charge in [-0.3, -0.25) is 19.3 Å². The second-order valence-corrected chi connectivity index (χ2v) is 8.75. The van der Waals surface area contributed by atoms with E-state index in [9.17, 15) is 14.4 Å². The van der Waals surface area contributed by atoms with Crippen molar-refractivity contribution >= 4 is 23.4 Å². The lowest BCUT2D eigenvalue weighted by Crippen LogP contribution is -2.42. The van der Waals surface area contributed by atoms with Crippen LogP contribution in [0.15, 0.2) is 48.5 Å². The third-order valence-electron chi connectivity index (χ3n) is 5.23. The van der Waals surface area contributed by atoms with E-state index in [1.165, 1.54) is 10.5 Å². The largest absolute Gasteiger partial charge is 0.310 e. The van der Waals surface area contributed by atoms with Crippen LogP contribution in [0, 0.1) is 5.92 Å². The lowest BCUT2D eigenvalue weighted by molar-refractivity contribution is -0.121. The van der Waals surface area contributed by atoms with Crippen molar-refractivity contribution in [3.63, 3.8) is 0 Å². The van der Waals surface area contributed by atoms with Gasteiger partial charge in [-0.15, -0.1) is 0 Å². The van der Waals surface area contributed by atoms with Crippen LogP contribution in [0.5, 0.6) is 0 Å². The number of rotatable bonds is 5. The number of hydrogen-bond donors (Lipinski definition) is 0. The molecule has 0 N–H and O–H groups in total. The van der Waals surface area contributed by atoms with Crippen LogP contribution in [0.3, 0.4) is 0 Å². The maximum atomic E-state index is 12.8. The summed E-state index contributed by atoms with van der Waals surface area (Å²) in [4.78, 5) is 41.0. The SMILES string of the molecule is CC(C)C(=O)N(CCN1C(=O)c2ccccc2C1=O)c1ccc(C(C)(C)C)cc1. The van der Waals surface area contributed by atoms with Crippen molar-refractivity contribution in [3.05, 3.63) is 65.2 Å². The molecule has 29 heavy (non-hydrogen) atoms. The Morgan fingerprint density at radius 2 is 1.45 bits per heavy atom. The zero-order valence-corrected chi connectivity index (χ0v) is 17.7. The van der Waals surface area contributed by atoms with Gasteiger partial charge in [0.05, 0.1) is 11.1 Å². The Kier molecular flexibility index (Phi) is 5.60. The highest BCUT2D eigenvalue weighted by atomic mass is 16.2. The van der Waals surface area contributed by atoms with E-state index >= 15 is 0 Å². The summed E-state index contributed by atoms with van der Waals surface area (Å²) in [5.41, 5.74) is 2.82. The Morgan fingerprint density at radius 3 is 1.90 bits per heavy atom. The summed E-state index contributed by atoms with van der Waals surface area (Å²) in [5.74, 6) is -0.833. The average molecular weight is 392 g/mol. The molecule has 0 unspecified atom stereocenters. The summed E-state index contributed by atoms with van der Waals surface area (Å²) in [6.45, 7) is 10.5. The molecule has 0 saturated heterocycles.